The molecule has 1 saturated heterocycles. The topological polar surface area (TPSA) is 15.3 Å². The number of nitrogens with one attached hydrogen (secondary N) is 1. The fourth-order valence-electron chi connectivity index (χ4n) is 3.63. The lowest BCUT2D eigenvalue weighted by molar-refractivity contribution is 0.102. The Kier molecular flexibility index (Phi) is 4.02. The molecule has 3 rings (SSSR count). The average molecular weight is 272 g/mol. The van der Waals surface area contributed by atoms with Crippen molar-refractivity contribution in [3.8, 4) is 0 Å². The van der Waals surface area contributed by atoms with Gasteiger partial charge in [0.2, 0.25) is 0 Å². The van der Waals surface area contributed by atoms with Crippen LogP contribution >= 0.6 is 0 Å². The van der Waals surface area contributed by atoms with E-state index in [0.29, 0.717) is 5.41 Å². The molecular formula is C18H28N2. The molecule has 1 atom stereocenters. The van der Waals surface area contributed by atoms with E-state index in [9.17, 15) is 0 Å². The van der Waals surface area contributed by atoms with Crippen LogP contribution in [0.5, 0.6) is 0 Å². The molecule has 2 aliphatic heterocycles. The standard InChI is InChI=1S/C18H28N2/c1-3-18(2)8-10-20(11-9-18)14-15-12-16-6-4-5-7-17(16)19-13-15/h4-7,15,19H,3,8-14H2,1-2H3. The van der Waals surface area contributed by atoms with Crippen LogP contribution in [-0.4, -0.2) is 31.1 Å². The van der Waals surface area contributed by atoms with Crippen molar-refractivity contribution in [1.29, 1.82) is 0 Å². The third-order valence-electron chi connectivity index (χ3n) is 5.54. The van der Waals surface area contributed by atoms with Gasteiger partial charge in [0.1, 0.15) is 0 Å². The maximum Gasteiger partial charge on any atom is 0.0372 e. The Morgan fingerprint density at radius 2 is 2.00 bits per heavy atom. The number of anilines is 1. The third-order valence-corrected chi connectivity index (χ3v) is 5.54. The van der Waals surface area contributed by atoms with Crippen LogP contribution < -0.4 is 5.32 Å². The number of benzene rings is 1. The summed E-state index contributed by atoms with van der Waals surface area (Å²) in [7, 11) is 0. The molecule has 2 nitrogen and oxygen atoms in total. The molecule has 2 heteroatoms. The van der Waals surface area contributed by atoms with E-state index in [-0.39, 0.29) is 0 Å². The summed E-state index contributed by atoms with van der Waals surface area (Å²) in [6.45, 7) is 9.80. The van der Waals surface area contributed by atoms with Gasteiger partial charge in [0, 0.05) is 18.8 Å². The molecule has 0 spiro atoms. The Hall–Kier alpha value is -1.02. The van der Waals surface area contributed by atoms with Crippen LogP contribution in [0.1, 0.15) is 38.7 Å². The first-order chi connectivity index (χ1) is 9.68. The summed E-state index contributed by atoms with van der Waals surface area (Å²) in [5, 5.41) is 3.60. The van der Waals surface area contributed by atoms with E-state index in [1.54, 1.807) is 0 Å². The second-order valence-corrected chi connectivity index (χ2v) is 7.07. The largest absolute Gasteiger partial charge is 0.384 e. The number of fused-ring (bicyclic) bond motifs is 1. The third kappa shape index (κ3) is 3.01. The quantitative estimate of drug-likeness (QED) is 0.901. The predicted octanol–water partition coefficient (Wildman–Crippen LogP) is 3.78. The van der Waals surface area contributed by atoms with Crippen molar-refractivity contribution in [3.63, 3.8) is 0 Å². The van der Waals surface area contributed by atoms with Crippen LogP contribution in [0.4, 0.5) is 5.69 Å². The van der Waals surface area contributed by atoms with E-state index < -0.39 is 0 Å². The minimum atomic E-state index is 0.605. The summed E-state index contributed by atoms with van der Waals surface area (Å²) in [4.78, 5) is 2.69. The van der Waals surface area contributed by atoms with Crippen LogP contribution in [0.2, 0.25) is 0 Å². The zero-order valence-electron chi connectivity index (χ0n) is 13.0. The minimum absolute atomic E-state index is 0.605. The summed E-state index contributed by atoms with van der Waals surface area (Å²) in [6.07, 6.45) is 5.32. The summed E-state index contributed by atoms with van der Waals surface area (Å²) in [5.74, 6) is 0.774. The van der Waals surface area contributed by atoms with Crippen molar-refractivity contribution in [3.05, 3.63) is 29.8 Å². The summed E-state index contributed by atoms with van der Waals surface area (Å²) in [6, 6.07) is 8.77. The molecule has 1 aromatic carbocycles. The summed E-state index contributed by atoms with van der Waals surface area (Å²) >= 11 is 0. The Balaban J connectivity index is 1.53. The molecule has 0 saturated carbocycles. The highest BCUT2D eigenvalue weighted by atomic mass is 15.1. The van der Waals surface area contributed by atoms with E-state index in [2.05, 4.69) is 48.3 Å². The second-order valence-electron chi connectivity index (χ2n) is 7.07. The second kappa shape index (κ2) is 5.77. The van der Waals surface area contributed by atoms with Gasteiger partial charge in [0.05, 0.1) is 0 Å². The maximum absolute atomic E-state index is 3.60. The lowest BCUT2D eigenvalue weighted by Crippen LogP contribution is -2.43. The van der Waals surface area contributed by atoms with Crippen LogP contribution in [-0.2, 0) is 6.42 Å². The van der Waals surface area contributed by atoms with Gasteiger partial charge in [-0.05, 0) is 55.3 Å². The highest BCUT2D eigenvalue weighted by molar-refractivity contribution is 5.53. The first-order valence-electron chi connectivity index (χ1n) is 8.23. The molecule has 0 radical (unpaired) electrons. The van der Waals surface area contributed by atoms with Gasteiger partial charge in [-0.25, -0.2) is 0 Å². The van der Waals surface area contributed by atoms with Crippen molar-refractivity contribution < 1.29 is 0 Å². The highest BCUT2D eigenvalue weighted by Gasteiger charge is 2.29. The van der Waals surface area contributed by atoms with Crippen molar-refractivity contribution in [2.24, 2.45) is 11.3 Å². The zero-order valence-corrected chi connectivity index (χ0v) is 13.0. The van der Waals surface area contributed by atoms with E-state index in [1.165, 1.54) is 56.6 Å². The van der Waals surface area contributed by atoms with Gasteiger partial charge in [-0.1, -0.05) is 38.5 Å². The van der Waals surface area contributed by atoms with Gasteiger partial charge in [-0.15, -0.1) is 0 Å². The summed E-state index contributed by atoms with van der Waals surface area (Å²) < 4.78 is 0. The molecule has 0 amide bonds. The maximum atomic E-state index is 3.60. The molecule has 2 heterocycles. The van der Waals surface area contributed by atoms with Crippen LogP contribution in [0.15, 0.2) is 24.3 Å². The molecule has 1 aromatic rings. The SMILES string of the molecule is CCC1(C)CCN(CC2CNc3ccccc3C2)CC1. The molecule has 110 valence electrons. The molecule has 0 aromatic heterocycles. The molecule has 20 heavy (non-hydrogen) atoms. The lowest BCUT2D eigenvalue weighted by Gasteiger charge is -2.40. The predicted molar refractivity (Wildman–Crippen MR) is 86.2 cm³/mol. The van der Waals surface area contributed by atoms with Crippen LogP contribution in [0.3, 0.4) is 0 Å². The van der Waals surface area contributed by atoms with E-state index in [1.807, 2.05) is 0 Å². The fourth-order valence-corrected chi connectivity index (χ4v) is 3.63. The number of rotatable bonds is 3. The zero-order chi connectivity index (χ0) is 14.0. The fraction of sp³-hybridized carbons (Fsp3) is 0.667. The Morgan fingerprint density at radius 3 is 2.75 bits per heavy atom. The Labute approximate surface area is 123 Å². The number of nitrogens with zero attached hydrogens (tertiary/aromatic N) is 1. The minimum Gasteiger partial charge on any atom is -0.384 e. The van der Waals surface area contributed by atoms with Crippen molar-refractivity contribution in [2.75, 3.05) is 31.5 Å². The number of piperidine rings is 1. The van der Waals surface area contributed by atoms with Gasteiger partial charge in [0.15, 0.2) is 0 Å². The normalized spacial score (nSPS) is 25.8. The molecular weight excluding hydrogens is 244 g/mol. The average Bonchev–Trinajstić information content (AvgIpc) is 2.50. The van der Waals surface area contributed by atoms with Gasteiger partial charge in [-0.3, -0.25) is 0 Å². The van der Waals surface area contributed by atoms with Gasteiger partial charge >= 0.3 is 0 Å². The molecule has 2 aliphatic rings. The molecule has 0 bridgehead atoms. The van der Waals surface area contributed by atoms with Gasteiger partial charge < -0.3 is 10.2 Å². The Bertz CT molecular complexity index is 446. The number of para-hydroxylation sites is 1. The first-order valence-corrected chi connectivity index (χ1v) is 8.23. The van der Waals surface area contributed by atoms with Crippen molar-refractivity contribution in [2.45, 2.75) is 39.5 Å². The lowest BCUT2D eigenvalue weighted by atomic mass is 9.78. The van der Waals surface area contributed by atoms with Crippen LogP contribution in [0, 0.1) is 11.3 Å². The monoisotopic (exact) mass is 272 g/mol. The van der Waals surface area contributed by atoms with Gasteiger partial charge in [-0.2, -0.15) is 0 Å². The molecule has 1 N–H and O–H groups in total. The van der Waals surface area contributed by atoms with Crippen molar-refractivity contribution >= 4 is 5.69 Å². The number of likely N-dealkylation sites (tertiary alicyclic amines) is 1. The molecule has 0 aliphatic carbocycles. The van der Waals surface area contributed by atoms with Crippen LogP contribution in [0.25, 0.3) is 0 Å². The highest BCUT2D eigenvalue weighted by Crippen LogP contribution is 2.34. The van der Waals surface area contributed by atoms with E-state index in [4.69, 9.17) is 0 Å². The first kappa shape index (κ1) is 13.9. The summed E-state index contributed by atoms with van der Waals surface area (Å²) in [5.41, 5.74) is 3.45. The van der Waals surface area contributed by atoms with E-state index >= 15 is 0 Å². The van der Waals surface area contributed by atoms with Crippen molar-refractivity contribution in [1.82, 2.24) is 4.90 Å². The van der Waals surface area contributed by atoms with E-state index in [0.717, 1.165) is 12.5 Å². The number of hydrogen-bond donors (Lipinski definition) is 1. The molecule has 1 unspecified atom stereocenters. The smallest absolute Gasteiger partial charge is 0.0372 e. The molecule has 1 fully saturated rings. The van der Waals surface area contributed by atoms with Gasteiger partial charge in [0.25, 0.3) is 0 Å². The number of hydrogen-bond acceptors (Lipinski definition) is 2. The Morgan fingerprint density at radius 1 is 1.25 bits per heavy atom.